The van der Waals surface area contributed by atoms with Gasteiger partial charge < -0.3 is 15.0 Å². The number of likely N-dealkylation sites (tertiary alicyclic amines) is 1. The Morgan fingerprint density at radius 1 is 1.50 bits per heavy atom. The number of carbonyl (C=O) groups excluding carboxylic acids is 1. The first-order chi connectivity index (χ1) is 9.70. The van der Waals surface area contributed by atoms with E-state index >= 15 is 0 Å². The van der Waals surface area contributed by atoms with Gasteiger partial charge >= 0.3 is 0 Å². The van der Waals surface area contributed by atoms with Crippen molar-refractivity contribution in [2.45, 2.75) is 39.2 Å². The minimum atomic E-state index is -0.325. The van der Waals surface area contributed by atoms with Crippen LogP contribution in [0.25, 0.3) is 0 Å². The van der Waals surface area contributed by atoms with Crippen molar-refractivity contribution in [1.29, 1.82) is 0 Å². The Labute approximate surface area is 119 Å². The number of aromatic nitrogens is 2. The third-order valence-corrected chi connectivity index (χ3v) is 3.22. The third-order valence-electron chi connectivity index (χ3n) is 3.22. The summed E-state index contributed by atoms with van der Waals surface area (Å²) < 4.78 is 5.45. The fraction of sp³-hybridized carbons (Fsp3) is 0.643. The quantitative estimate of drug-likeness (QED) is 0.857. The second kappa shape index (κ2) is 7.07. The van der Waals surface area contributed by atoms with E-state index in [-0.39, 0.29) is 11.9 Å². The van der Waals surface area contributed by atoms with Gasteiger partial charge in [-0.3, -0.25) is 4.79 Å². The van der Waals surface area contributed by atoms with Gasteiger partial charge in [0.15, 0.2) is 0 Å². The van der Waals surface area contributed by atoms with Crippen LogP contribution in [0.15, 0.2) is 12.3 Å². The summed E-state index contributed by atoms with van der Waals surface area (Å²) >= 11 is 0. The molecule has 1 N–H and O–H groups in total. The maximum atomic E-state index is 12.2. The molecule has 6 nitrogen and oxygen atoms in total. The van der Waals surface area contributed by atoms with E-state index in [1.54, 1.807) is 12.3 Å². The van der Waals surface area contributed by atoms with Gasteiger partial charge in [-0.15, -0.1) is 0 Å². The second-order valence-electron chi connectivity index (χ2n) is 4.97. The molecule has 0 aliphatic carbocycles. The summed E-state index contributed by atoms with van der Waals surface area (Å²) in [7, 11) is 0. The maximum absolute atomic E-state index is 12.2. The monoisotopic (exact) mass is 278 g/mol. The van der Waals surface area contributed by atoms with E-state index in [1.165, 1.54) is 0 Å². The molecule has 0 spiro atoms. The third kappa shape index (κ3) is 3.82. The zero-order chi connectivity index (χ0) is 14.4. The number of carbonyl (C=O) groups is 1. The molecule has 1 aromatic rings. The van der Waals surface area contributed by atoms with Gasteiger partial charge in [-0.05, 0) is 26.2 Å². The van der Waals surface area contributed by atoms with Crippen LogP contribution in [-0.4, -0.2) is 46.5 Å². The lowest BCUT2D eigenvalue weighted by Gasteiger charge is -2.21. The molecule has 1 unspecified atom stereocenters. The van der Waals surface area contributed by atoms with Gasteiger partial charge in [-0.1, -0.05) is 6.92 Å². The number of ether oxygens (including phenoxy) is 1. The number of nitrogens with one attached hydrogen (secondary N) is 1. The average molecular weight is 278 g/mol. The van der Waals surface area contributed by atoms with E-state index in [1.807, 2.05) is 18.7 Å². The van der Waals surface area contributed by atoms with Crippen LogP contribution in [0, 0.1) is 0 Å². The number of nitrogens with zero attached hydrogens (tertiary/aromatic N) is 3. The molecule has 1 aliphatic heterocycles. The van der Waals surface area contributed by atoms with E-state index in [2.05, 4.69) is 15.3 Å². The van der Waals surface area contributed by atoms with Crippen molar-refractivity contribution < 1.29 is 9.53 Å². The molecule has 1 aliphatic rings. The average Bonchev–Trinajstić information content (AvgIpc) is 2.98. The zero-order valence-corrected chi connectivity index (χ0v) is 12.1. The van der Waals surface area contributed by atoms with Crippen molar-refractivity contribution in [3.05, 3.63) is 12.3 Å². The van der Waals surface area contributed by atoms with Gasteiger partial charge in [0.1, 0.15) is 6.04 Å². The molecule has 1 saturated heterocycles. The number of hydrogen-bond acceptors (Lipinski definition) is 5. The van der Waals surface area contributed by atoms with Crippen molar-refractivity contribution in [3.63, 3.8) is 0 Å². The lowest BCUT2D eigenvalue weighted by Crippen LogP contribution is -2.39. The summed E-state index contributed by atoms with van der Waals surface area (Å²) in [5, 5.41) is 3.04. The topological polar surface area (TPSA) is 67.3 Å². The number of amides is 1. The Balaban J connectivity index is 1.92. The van der Waals surface area contributed by atoms with Crippen molar-refractivity contribution in [2.24, 2.45) is 0 Å². The molecule has 110 valence electrons. The molecule has 20 heavy (non-hydrogen) atoms. The summed E-state index contributed by atoms with van der Waals surface area (Å²) in [5.41, 5.74) is 0. The molecule has 0 saturated carbocycles. The Kier molecular flexibility index (Phi) is 5.15. The first kappa shape index (κ1) is 14.6. The molecule has 2 heterocycles. The first-order valence-corrected chi connectivity index (χ1v) is 7.22. The van der Waals surface area contributed by atoms with Crippen LogP contribution >= 0.6 is 0 Å². The van der Waals surface area contributed by atoms with Gasteiger partial charge in [-0.2, -0.15) is 4.98 Å². The smallest absolute Gasteiger partial charge is 0.244 e. The summed E-state index contributed by atoms with van der Waals surface area (Å²) in [6, 6.07) is 1.39. The predicted molar refractivity (Wildman–Crippen MR) is 76.7 cm³/mol. The normalized spacial score (nSPS) is 16.0. The summed E-state index contributed by atoms with van der Waals surface area (Å²) in [6.07, 6.45) is 4.74. The Morgan fingerprint density at radius 3 is 2.95 bits per heavy atom. The van der Waals surface area contributed by atoms with Crippen LogP contribution in [0.4, 0.5) is 5.95 Å². The minimum Gasteiger partial charge on any atom is -0.478 e. The zero-order valence-electron chi connectivity index (χ0n) is 12.1. The number of rotatable bonds is 6. The SMILES string of the molecule is CCCOc1ccnc(NC(C)C(=O)N2CCCC2)n1. The molecule has 6 heteroatoms. The largest absolute Gasteiger partial charge is 0.478 e. The molecule has 0 radical (unpaired) electrons. The van der Waals surface area contributed by atoms with Crippen LogP contribution in [0.3, 0.4) is 0 Å². The molecule has 0 aromatic carbocycles. The number of hydrogen-bond donors (Lipinski definition) is 1. The summed E-state index contributed by atoms with van der Waals surface area (Å²) in [4.78, 5) is 22.4. The molecule has 1 fully saturated rings. The van der Waals surface area contributed by atoms with Crippen molar-refractivity contribution in [3.8, 4) is 5.88 Å². The highest BCUT2D eigenvalue weighted by Crippen LogP contribution is 2.13. The highest BCUT2D eigenvalue weighted by atomic mass is 16.5. The second-order valence-corrected chi connectivity index (χ2v) is 4.97. The highest BCUT2D eigenvalue weighted by molar-refractivity contribution is 5.84. The lowest BCUT2D eigenvalue weighted by atomic mass is 10.3. The highest BCUT2D eigenvalue weighted by Gasteiger charge is 2.23. The van der Waals surface area contributed by atoms with Crippen LogP contribution in [-0.2, 0) is 4.79 Å². The molecular weight excluding hydrogens is 256 g/mol. The molecule has 1 aromatic heterocycles. The Bertz CT molecular complexity index is 447. The van der Waals surface area contributed by atoms with Crippen LogP contribution in [0.1, 0.15) is 33.1 Å². The van der Waals surface area contributed by atoms with Crippen LogP contribution in [0.2, 0.25) is 0 Å². The molecule has 2 rings (SSSR count). The summed E-state index contributed by atoms with van der Waals surface area (Å²) in [6.45, 7) is 6.20. The molecular formula is C14H22N4O2. The fourth-order valence-electron chi connectivity index (χ4n) is 2.17. The summed E-state index contributed by atoms with van der Waals surface area (Å²) in [5.74, 6) is 1.06. The molecule has 0 bridgehead atoms. The lowest BCUT2D eigenvalue weighted by molar-refractivity contribution is -0.130. The fourth-order valence-corrected chi connectivity index (χ4v) is 2.17. The molecule has 1 atom stereocenters. The van der Waals surface area contributed by atoms with Gasteiger partial charge in [0.25, 0.3) is 0 Å². The molecule has 1 amide bonds. The van der Waals surface area contributed by atoms with Crippen molar-refractivity contribution in [2.75, 3.05) is 25.0 Å². The van der Waals surface area contributed by atoms with E-state index in [0.29, 0.717) is 18.4 Å². The van der Waals surface area contributed by atoms with E-state index in [9.17, 15) is 4.79 Å². The van der Waals surface area contributed by atoms with E-state index < -0.39 is 0 Å². The van der Waals surface area contributed by atoms with Crippen LogP contribution < -0.4 is 10.1 Å². The van der Waals surface area contributed by atoms with E-state index in [0.717, 1.165) is 32.4 Å². The van der Waals surface area contributed by atoms with Gasteiger partial charge in [0.2, 0.25) is 17.7 Å². The number of anilines is 1. The van der Waals surface area contributed by atoms with Crippen LogP contribution in [0.5, 0.6) is 5.88 Å². The first-order valence-electron chi connectivity index (χ1n) is 7.22. The van der Waals surface area contributed by atoms with Crippen molar-refractivity contribution >= 4 is 11.9 Å². The Morgan fingerprint density at radius 2 is 2.25 bits per heavy atom. The van der Waals surface area contributed by atoms with E-state index in [4.69, 9.17) is 4.74 Å². The Hall–Kier alpha value is -1.85. The predicted octanol–water partition coefficient (Wildman–Crippen LogP) is 1.69. The standard InChI is InChI=1S/C14H22N4O2/c1-3-10-20-12-6-7-15-14(17-12)16-11(2)13(19)18-8-4-5-9-18/h6-7,11H,3-5,8-10H2,1-2H3,(H,15,16,17). The maximum Gasteiger partial charge on any atom is 0.244 e. The van der Waals surface area contributed by atoms with Gasteiger partial charge in [-0.25, -0.2) is 4.98 Å². The van der Waals surface area contributed by atoms with Gasteiger partial charge in [0.05, 0.1) is 6.61 Å². The minimum absolute atomic E-state index is 0.103. The van der Waals surface area contributed by atoms with Crippen molar-refractivity contribution in [1.82, 2.24) is 14.9 Å². The van der Waals surface area contributed by atoms with Gasteiger partial charge in [0, 0.05) is 25.4 Å².